The highest BCUT2D eigenvalue weighted by Gasteiger charge is 2.36. The van der Waals surface area contributed by atoms with Gasteiger partial charge in [-0.05, 0) is 42.3 Å². The van der Waals surface area contributed by atoms with E-state index in [0.29, 0.717) is 11.3 Å². The van der Waals surface area contributed by atoms with Gasteiger partial charge < -0.3 is 14.7 Å². The lowest BCUT2D eigenvalue weighted by Crippen LogP contribution is -2.35. The van der Waals surface area contributed by atoms with E-state index in [9.17, 15) is 23.1 Å². The number of aliphatic hydroxyl groups excluding tert-OH is 1. The zero-order valence-electron chi connectivity index (χ0n) is 14.1. The van der Waals surface area contributed by atoms with E-state index < -0.39 is 23.9 Å². The number of carbonyl (C=O) groups excluding carboxylic acids is 1. The molecular formula is C19H17BrF3NO3. The summed E-state index contributed by atoms with van der Waals surface area (Å²) < 4.78 is 44.5. The van der Waals surface area contributed by atoms with Gasteiger partial charge in [0.1, 0.15) is 5.75 Å². The number of benzene rings is 2. The second-order valence-electron chi connectivity index (χ2n) is 6.32. The maximum absolute atomic E-state index is 12.7. The molecular weight excluding hydrogens is 427 g/mol. The summed E-state index contributed by atoms with van der Waals surface area (Å²) in [5, 5.41) is 9.96. The van der Waals surface area contributed by atoms with Crippen LogP contribution < -0.4 is 4.74 Å². The number of amides is 1. The molecule has 8 heteroatoms. The molecule has 0 spiro atoms. The summed E-state index contributed by atoms with van der Waals surface area (Å²) in [5.41, 5.74) is -0.198. The number of rotatable bonds is 4. The molecule has 1 aliphatic rings. The Morgan fingerprint density at radius 1 is 1.22 bits per heavy atom. The number of halogens is 4. The molecule has 144 valence electrons. The molecule has 27 heavy (non-hydrogen) atoms. The standard InChI is InChI=1S/C19H17BrF3NO3/c20-14-2-1-3-16(8-14)27-11-18(26)24-10-15(25)9-17(24)12-4-6-13(7-5-12)19(21,22)23/h1-8,15,17,25H,9-11H2. The van der Waals surface area contributed by atoms with Gasteiger partial charge in [-0.2, -0.15) is 13.2 Å². The number of carbonyl (C=O) groups is 1. The van der Waals surface area contributed by atoms with Crippen molar-refractivity contribution in [3.8, 4) is 5.75 Å². The van der Waals surface area contributed by atoms with Gasteiger partial charge in [-0.15, -0.1) is 0 Å². The van der Waals surface area contributed by atoms with Crippen molar-refractivity contribution in [3.63, 3.8) is 0 Å². The normalized spacial score (nSPS) is 20.0. The van der Waals surface area contributed by atoms with E-state index in [1.54, 1.807) is 18.2 Å². The molecule has 2 unspecified atom stereocenters. The van der Waals surface area contributed by atoms with Crippen LogP contribution in [-0.4, -0.2) is 35.2 Å². The number of aliphatic hydroxyl groups is 1. The van der Waals surface area contributed by atoms with Crippen LogP contribution in [0.4, 0.5) is 13.2 Å². The van der Waals surface area contributed by atoms with Gasteiger partial charge in [0.25, 0.3) is 5.91 Å². The molecule has 1 fully saturated rings. The van der Waals surface area contributed by atoms with Crippen LogP contribution in [0.15, 0.2) is 53.0 Å². The number of hydrogen-bond donors (Lipinski definition) is 1. The van der Waals surface area contributed by atoms with Gasteiger partial charge in [0.05, 0.1) is 17.7 Å². The third kappa shape index (κ3) is 4.81. The fourth-order valence-corrected chi connectivity index (χ4v) is 3.46. The van der Waals surface area contributed by atoms with Gasteiger partial charge in [0.15, 0.2) is 6.61 Å². The summed E-state index contributed by atoms with van der Waals surface area (Å²) in [6.07, 6.45) is -4.87. The van der Waals surface area contributed by atoms with Gasteiger partial charge in [-0.1, -0.05) is 34.1 Å². The van der Waals surface area contributed by atoms with Crippen molar-refractivity contribution in [2.24, 2.45) is 0 Å². The molecule has 4 nitrogen and oxygen atoms in total. The fraction of sp³-hybridized carbons (Fsp3) is 0.316. The van der Waals surface area contributed by atoms with Crippen molar-refractivity contribution in [2.75, 3.05) is 13.2 Å². The molecule has 3 rings (SSSR count). The summed E-state index contributed by atoms with van der Waals surface area (Å²) in [7, 11) is 0. The largest absolute Gasteiger partial charge is 0.484 e. The highest BCUT2D eigenvalue weighted by Crippen LogP contribution is 2.35. The van der Waals surface area contributed by atoms with Crippen LogP contribution in [-0.2, 0) is 11.0 Å². The van der Waals surface area contributed by atoms with Crippen molar-refractivity contribution in [2.45, 2.75) is 24.7 Å². The zero-order chi connectivity index (χ0) is 19.6. The van der Waals surface area contributed by atoms with Crippen LogP contribution in [0.3, 0.4) is 0 Å². The summed E-state index contributed by atoms with van der Waals surface area (Å²) in [6.45, 7) is -0.104. The summed E-state index contributed by atoms with van der Waals surface area (Å²) in [6, 6.07) is 11.2. The first-order valence-corrected chi connectivity index (χ1v) is 9.06. The molecule has 2 aromatic rings. The van der Waals surface area contributed by atoms with E-state index in [1.165, 1.54) is 17.0 Å². The molecule has 0 aromatic heterocycles. The molecule has 0 bridgehead atoms. The Hall–Kier alpha value is -2.06. The smallest absolute Gasteiger partial charge is 0.416 e. The maximum atomic E-state index is 12.7. The molecule has 1 amide bonds. The number of likely N-dealkylation sites (tertiary alicyclic amines) is 1. The van der Waals surface area contributed by atoms with E-state index in [1.807, 2.05) is 6.07 Å². The second-order valence-corrected chi connectivity index (χ2v) is 7.23. The third-order valence-corrected chi connectivity index (χ3v) is 4.87. The lowest BCUT2D eigenvalue weighted by atomic mass is 10.0. The molecule has 1 N–H and O–H groups in total. The average Bonchev–Trinajstić information content (AvgIpc) is 3.01. The van der Waals surface area contributed by atoms with Crippen molar-refractivity contribution in [1.29, 1.82) is 0 Å². The molecule has 0 radical (unpaired) electrons. The monoisotopic (exact) mass is 443 g/mol. The highest BCUT2D eigenvalue weighted by molar-refractivity contribution is 9.10. The first kappa shape index (κ1) is 19.7. The fourth-order valence-electron chi connectivity index (χ4n) is 3.08. The van der Waals surface area contributed by atoms with E-state index in [4.69, 9.17) is 4.74 Å². The molecule has 0 saturated carbocycles. The first-order valence-electron chi connectivity index (χ1n) is 8.27. The highest BCUT2D eigenvalue weighted by atomic mass is 79.9. The van der Waals surface area contributed by atoms with E-state index in [0.717, 1.165) is 16.6 Å². The predicted octanol–water partition coefficient (Wildman–Crippen LogP) is 4.18. The van der Waals surface area contributed by atoms with Crippen LogP contribution in [0.25, 0.3) is 0 Å². The van der Waals surface area contributed by atoms with E-state index in [2.05, 4.69) is 15.9 Å². The van der Waals surface area contributed by atoms with Gasteiger partial charge in [-0.3, -0.25) is 4.79 Å². The molecule has 2 atom stereocenters. The van der Waals surface area contributed by atoms with Crippen molar-refractivity contribution in [1.82, 2.24) is 4.90 Å². The molecule has 0 aliphatic carbocycles. The van der Waals surface area contributed by atoms with Gasteiger partial charge >= 0.3 is 6.18 Å². The number of β-amino-alcohol motifs (C(OH)–C–C–N with tert-alkyl or cyclic N) is 1. The Balaban J connectivity index is 1.70. The zero-order valence-corrected chi connectivity index (χ0v) is 15.7. The summed E-state index contributed by atoms with van der Waals surface area (Å²) in [5.74, 6) is 0.181. The van der Waals surface area contributed by atoms with Crippen LogP contribution in [0.1, 0.15) is 23.6 Å². The van der Waals surface area contributed by atoms with E-state index >= 15 is 0 Å². The second kappa shape index (κ2) is 7.90. The lowest BCUT2D eigenvalue weighted by molar-refractivity contribution is -0.138. The van der Waals surface area contributed by atoms with Crippen LogP contribution in [0, 0.1) is 0 Å². The molecule has 2 aromatic carbocycles. The topological polar surface area (TPSA) is 49.8 Å². The number of hydrogen-bond acceptors (Lipinski definition) is 3. The van der Waals surface area contributed by atoms with Gasteiger partial charge in [0, 0.05) is 11.0 Å². The van der Waals surface area contributed by atoms with Gasteiger partial charge in [0.2, 0.25) is 0 Å². The minimum atomic E-state index is -4.42. The predicted molar refractivity (Wildman–Crippen MR) is 96.2 cm³/mol. The van der Waals surface area contributed by atoms with E-state index in [-0.39, 0.29) is 25.5 Å². The van der Waals surface area contributed by atoms with Crippen LogP contribution in [0.5, 0.6) is 5.75 Å². The maximum Gasteiger partial charge on any atom is 0.416 e. The van der Waals surface area contributed by atoms with Gasteiger partial charge in [-0.25, -0.2) is 0 Å². The Bertz CT molecular complexity index is 811. The van der Waals surface area contributed by atoms with Crippen LogP contribution in [0.2, 0.25) is 0 Å². The van der Waals surface area contributed by atoms with Crippen molar-refractivity contribution in [3.05, 3.63) is 64.1 Å². The van der Waals surface area contributed by atoms with Crippen molar-refractivity contribution >= 4 is 21.8 Å². The lowest BCUT2D eigenvalue weighted by Gasteiger charge is -2.25. The van der Waals surface area contributed by atoms with Crippen LogP contribution >= 0.6 is 15.9 Å². The number of ether oxygens (including phenoxy) is 1. The Morgan fingerprint density at radius 2 is 1.93 bits per heavy atom. The average molecular weight is 444 g/mol. The summed E-state index contributed by atoms with van der Waals surface area (Å²) >= 11 is 3.31. The first-order chi connectivity index (χ1) is 12.7. The quantitative estimate of drug-likeness (QED) is 0.770. The third-order valence-electron chi connectivity index (χ3n) is 4.38. The Kier molecular flexibility index (Phi) is 5.76. The Morgan fingerprint density at radius 3 is 2.56 bits per heavy atom. The van der Waals surface area contributed by atoms with Crippen molar-refractivity contribution < 1.29 is 27.8 Å². The number of nitrogens with zero attached hydrogens (tertiary/aromatic N) is 1. The molecule has 1 aliphatic heterocycles. The molecule has 1 saturated heterocycles. The summed E-state index contributed by atoms with van der Waals surface area (Å²) in [4.78, 5) is 14.0. The minimum Gasteiger partial charge on any atom is -0.484 e. The SMILES string of the molecule is O=C(COc1cccc(Br)c1)N1CC(O)CC1c1ccc(C(F)(F)F)cc1. The number of alkyl halides is 3. The molecule has 1 heterocycles. The minimum absolute atomic E-state index is 0.117. The Labute approximate surface area is 162 Å².